The van der Waals surface area contributed by atoms with E-state index in [9.17, 15) is 4.79 Å². The third-order valence-electron chi connectivity index (χ3n) is 8.00. The lowest BCUT2D eigenvalue weighted by molar-refractivity contribution is 0.669. The zero-order chi connectivity index (χ0) is 27.1. The van der Waals surface area contributed by atoms with Gasteiger partial charge in [-0.15, -0.1) is 0 Å². The zero-order valence-corrected chi connectivity index (χ0v) is 21.7. The van der Waals surface area contributed by atoms with Crippen LogP contribution in [-0.2, 0) is 0 Å². The molecule has 9 rings (SSSR count). The predicted octanol–water partition coefficient (Wildman–Crippen LogP) is 7.93. The third-order valence-corrected chi connectivity index (χ3v) is 8.00. The Morgan fingerprint density at radius 3 is 2.05 bits per heavy atom. The van der Waals surface area contributed by atoms with Crippen LogP contribution in [0, 0.1) is 0 Å². The standard InChI is InChI=1S/C35H20N4O2/c40-34-27-20-36-35(37-33(27)24-14-5-8-16-29(24)38(34)21-10-2-1-3-11-21)39-28-15-7-4-12-22(28)25-18-26-23-13-6-9-17-31(23)41-32(26)19-30(25)39/h1-20H. The van der Waals surface area contributed by atoms with Crippen LogP contribution in [0.5, 0.6) is 0 Å². The van der Waals surface area contributed by atoms with Gasteiger partial charge < -0.3 is 4.42 Å². The predicted molar refractivity (Wildman–Crippen MR) is 164 cm³/mol. The van der Waals surface area contributed by atoms with Crippen LogP contribution in [0.2, 0.25) is 0 Å². The lowest BCUT2D eigenvalue weighted by Crippen LogP contribution is -2.20. The van der Waals surface area contributed by atoms with E-state index in [0.29, 0.717) is 16.9 Å². The summed E-state index contributed by atoms with van der Waals surface area (Å²) in [4.78, 5) is 23.7. The molecule has 6 heteroatoms. The molecule has 0 unspecified atom stereocenters. The van der Waals surface area contributed by atoms with Gasteiger partial charge in [0.2, 0.25) is 5.95 Å². The van der Waals surface area contributed by atoms with Crippen molar-refractivity contribution in [3.8, 4) is 11.6 Å². The molecule has 0 atom stereocenters. The van der Waals surface area contributed by atoms with E-state index in [4.69, 9.17) is 14.4 Å². The Balaban J connectivity index is 1.39. The lowest BCUT2D eigenvalue weighted by atomic mass is 10.1. The smallest absolute Gasteiger partial charge is 0.266 e. The van der Waals surface area contributed by atoms with Crippen LogP contribution >= 0.6 is 0 Å². The summed E-state index contributed by atoms with van der Waals surface area (Å²) in [7, 11) is 0. The van der Waals surface area contributed by atoms with Gasteiger partial charge in [-0.25, -0.2) is 9.97 Å². The van der Waals surface area contributed by atoms with E-state index in [2.05, 4.69) is 34.9 Å². The highest BCUT2D eigenvalue weighted by atomic mass is 16.3. The summed E-state index contributed by atoms with van der Waals surface area (Å²) in [5, 5.41) is 5.70. The molecule has 0 N–H and O–H groups in total. The molecular weight excluding hydrogens is 508 g/mol. The minimum absolute atomic E-state index is 0.150. The van der Waals surface area contributed by atoms with E-state index in [1.807, 2.05) is 84.9 Å². The van der Waals surface area contributed by atoms with Crippen molar-refractivity contribution in [1.82, 2.24) is 19.1 Å². The fourth-order valence-electron chi connectivity index (χ4n) is 6.18. The van der Waals surface area contributed by atoms with E-state index >= 15 is 0 Å². The van der Waals surface area contributed by atoms with E-state index in [-0.39, 0.29) is 5.56 Å². The first kappa shape index (κ1) is 22.1. The molecule has 4 aromatic heterocycles. The number of pyridine rings is 1. The summed E-state index contributed by atoms with van der Waals surface area (Å²) in [6, 6.07) is 38.2. The lowest BCUT2D eigenvalue weighted by Gasteiger charge is -2.13. The number of benzene rings is 5. The van der Waals surface area contributed by atoms with E-state index < -0.39 is 0 Å². The number of hydrogen-bond donors (Lipinski definition) is 0. The van der Waals surface area contributed by atoms with Crippen molar-refractivity contribution in [2.24, 2.45) is 0 Å². The van der Waals surface area contributed by atoms with Gasteiger partial charge in [0, 0.05) is 44.9 Å². The fraction of sp³-hybridized carbons (Fsp3) is 0. The van der Waals surface area contributed by atoms with E-state index in [0.717, 1.165) is 60.3 Å². The van der Waals surface area contributed by atoms with Gasteiger partial charge in [0.05, 0.1) is 27.5 Å². The normalized spacial score (nSPS) is 12.0. The van der Waals surface area contributed by atoms with Gasteiger partial charge in [-0.05, 0) is 36.4 Å². The molecule has 0 amide bonds. The Hall–Kier alpha value is -5.75. The van der Waals surface area contributed by atoms with Gasteiger partial charge in [0.1, 0.15) is 11.2 Å². The maximum absolute atomic E-state index is 13.9. The molecule has 0 bridgehead atoms. The van der Waals surface area contributed by atoms with Crippen LogP contribution in [0.25, 0.3) is 77.2 Å². The number of nitrogens with zero attached hydrogens (tertiary/aromatic N) is 4. The largest absolute Gasteiger partial charge is 0.456 e. The molecule has 0 aliphatic heterocycles. The Kier molecular flexibility index (Phi) is 4.38. The first-order valence-electron chi connectivity index (χ1n) is 13.5. The summed E-state index contributed by atoms with van der Waals surface area (Å²) in [5.41, 5.74) is 5.67. The second-order valence-electron chi connectivity index (χ2n) is 10.2. The monoisotopic (exact) mass is 528 g/mol. The molecule has 6 nitrogen and oxygen atoms in total. The summed E-state index contributed by atoms with van der Waals surface area (Å²) in [5.74, 6) is 0.501. The molecule has 5 aromatic carbocycles. The molecule has 0 radical (unpaired) electrons. The van der Waals surface area contributed by atoms with Crippen LogP contribution in [0.1, 0.15) is 0 Å². The van der Waals surface area contributed by atoms with Crippen LogP contribution in [0.4, 0.5) is 0 Å². The molecule has 41 heavy (non-hydrogen) atoms. The van der Waals surface area contributed by atoms with Gasteiger partial charge >= 0.3 is 0 Å². The number of rotatable bonds is 2. The fourth-order valence-corrected chi connectivity index (χ4v) is 6.18. The molecule has 192 valence electrons. The Labute approximate surface area is 232 Å². The highest BCUT2D eigenvalue weighted by Crippen LogP contribution is 2.38. The molecule has 0 fully saturated rings. The molecule has 0 aliphatic rings. The van der Waals surface area contributed by atoms with Gasteiger partial charge in [-0.1, -0.05) is 72.8 Å². The van der Waals surface area contributed by atoms with Crippen molar-refractivity contribution in [2.45, 2.75) is 0 Å². The van der Waals surface area contributed by atoms with Crippen molar-refractivity contribution in [3.05, 3.63) is 132 Å². The molecule has 0 aliphatic carbocycles. The van der Waals surface area contributed by atoms with Crippen molar-refractivity contribution < 1.29 is 4.42 Å². The Morgan fingerprint density at radius 2 is 1.22 bits per heavy atom. The van der Waals surface area contributed by atoms with E-state index in [1.54, 1.807) is 10.8 Å². The molecule has 0 saturated heterocycles. The van der Waals surface area contributed by atoms with Gasteiger partial charge in [-0.3, -0.25) is 13.9 Å². The van der Waals surface area contributed by atoms with Gasteiger partial charge in [-0.2, -0.15) is 0 Å². The molecule has 4 heterocycles. The molecule has 9 aromatic rings. The SMILES string of the molecule is O=c1c2cnc(-n3c4ccccc4c4cc5c(cc43)oc3ccccc35)nc2c2ccccc2n1-c1ccccc1. The second kappa shape index (κ2) is 8.13. The minimum atomic E-state index is -0.150. The first-order chi connectivity index (χ1) is 20.3. The number of para-hydroxylation sites is 4. The first-order valence-corrected chi connectivity index (χ1v) is 13.5. The quantitative estimate of drug-likeness (QED) is 0.214. The van der Waals surface area contributed by atoms with Crippen molar-refractivity contribution in [1.29, 1.82) is 0 Å². The highest BCUT2D eigenvalue weighted by Gasteiger charge is 2.19. The van der Waals surface area contributed by atoms with Crippen LogP contribution in [0.15, 0.2) is 131 Å². The van der Waals surface area contributed by atoms with Crippen LogP contribution in [0.3, 0.4) is 0 Å². The Bertz CT molecular complexity index is 2560. The van der Waals surface area contributed by atoms with Gasteiger partial charge in [0.15, 0.2) is 0 Å². The van der Waals surface area contributed by atoms with Crippen LogP contribution in [-0.4, -0.2) is 19.1 Å². The van der Waals surface area contributed by atoms with Crippen LogP contribution < -0.4 is 5.56 Å². The zero-order valence-electron chi connectivity index (χ0n) is 21.7. The number of aromatic nitrogens is 4. The van der Waals surface area contributed by atoms with E-state index in [1.165, 1.54) is 0 Å². The van der Waals surface area contributed by atoms with Crippen molar-refractivity contribution >= 4 is 65.6 Å². The summed E-state index contributed by atoms with van der Waals surface area (Å²) in [6.45, 7) is 0. The third kappa shape index (κ3) is 3.04. The average Bonchev–Trinajstić information content (AvgIpc) is 3.55. The molecular formula is C35H20N4O2. The Morgan fingerprint density at radius 1 is 0.537 bits per heavy atom. The topological polar surface area (TPSA) is 65.8 Å². The van der Waals surface area contributed by atoms with Gasteiger partial charge in [0.25, 0.3) is 5.56 Å². The highest BCUT2D eigenvalue weighted by molar-refractivity contribution is 6.17. The van der Waals surface area contributed by atoms with Crippen molar-refractivity contribution in [3.63, 3.8) is 0 Å². The maximum atomic E-state index is 13.9. The summed E-state index contributed by atoms with van der Waals surface area (Å²) in [6.07, 6.45) is 1.66. The second-order valence-corrected chi connectivity index (χ2v) is 10.2. The maximum Gasteiger partial charge on any atom is 0.266 e. The molecule has 0 spiro atoms. The molecule has 0 saturated carbocycles. The number of hydrogen-bond acceptors (Lipinski definition) is 4. The minimum Gasteiger partial charge on any atom is -0.456 e. The summed E-state index contributed by atoms with van der Waals surface area (Å²) >= 11 is 0. The number of fused-ring (bicyclic) bond motifs is 9. The summed E-state index contributed by atoms with van der Waals surface area (Å²) < 4.78 is 10.0. The number of furan rings is 1. The average molecular weight is 529 g/mol. The van der Waals surface area contributed by atoms with Crippen molar-refractivity contribution in [2.75, 3.05) is 0 Å².